The minimum atomic E-state index is -4.06. The van der Waals surface area contributed by atoms with Crippen LogP contribution in [0.4, 0.5) is 4.79 Å². The molecule has 1 aromatic rings. The fourth-order valence-electron chi connectivity index (χ4n) is 1.25. The minimum absolute atomic E-state index is 0.0693. The molecule has 0 bridgehead atoms. The van der Waals surface area contributed by atoms with E-state index >= 15 is 0 Å². The highest BCUT2D eigenvalue weighted by Gasteiger charge is 2.27. The monoisotopic (exact) mass is 244 g/mol. The van der Waals surface area contributed by atoms with Gasteiger partial charge in [0.05, 0.1) is 19.1 Å². The summed E-state index contributed by atoms with van der Waals surface area (Å²) in [5.74, 6) is 0.529. The Bertz CT molecular complexity index is 504. The van der Waals surface area contributed by atoms with Gasteiger partial charge in [-0.1, -0.05) is 0 Å². The van der Waals surface area contributed by atoms with E-state index in [0.29, 0.717) is 11.3 Å². The Morgan fingerprint density at radius 2 is 1.88 bits per heavy atom. The zero-order valence-corrected chi connectivity index (χ0v) is 10.00. The second-order valence-corrected chi connectivity index (χ2v) is 4.87. The lowest BCUT2D eigenvalue weighted by Gasteiger charge is -2.07. The van der Waals surface area contributed by atoms with Gasteiger partial charge in [-0.15, -0.1) is 0 Å². The molecule has 0 unspecified atom stereocenters. The van der Waals surface area contributed by atoms with E-state index in [9.17, 15) is 13.2 Å². The zero-order valence-electron chi connectivity index (χ0n) is 9.18. The molecule has 0 saturated carbocycles. The first-order valence-electron chi connectivity index (χ1n) is 4.41. The number of rotatable bonds is 2. The lowest BCUT2D eigenvalue weighted by atomic mass is 10.2. The van der Waals surface area contributed by atoms with Crippen LogP contribution in [0.5, 0.6) is 5.75 Å². The third-order valence-electron chi connectivity index (χ3n) is 2.06. The van der Waals surface area contributed by atoms with Crippen LogP contribution in [-0.2, 0) is 14.6 Å². The number of methoxy groups -OCH3 is 2. The first-order chi connectivity index (χ1) is 7.43. The Morgan fingerprint density at radius 1 is 1.25 bits per heavy atom. The van der Waals surface area contributed by atoms with Gasteiger partial charge in [0.15, 0.2) is 0 Å². The lowest BCUT2D eigenvalue weighted by molar-refractivity contribution is 0.197. The molecule has 0 spiro atoms. The van der Waals surface area contributed by atoms with E-state index in [2.05, 4.69) is 4.74 Å². The first-order valence-corrected chi connectivity index (χ1v) is 5.89. The predicted molar refractivity (Wildman–Crippen MR) is 57.3 cm³/mol. The van der Waals surface area contributed by atoms with E-state index in [1.165, 1.54) is 25.3 Å². The van der Waals surface area contributed by atoms with Gasteiger partial charge in [0, 0.05) is 0 Å². The van der Waals surface area contributed by atoms with Crippen LogP contribution < -0.4 is 4.74 Å². The van der Waals surface area contributed by atoms with Gasteiger partial charge in [-0.2, -0.15) is 0 Å². The molecule has 0 heterocycles. The van der Waals surface area contributed by atoms with Gasteiger partial charge < -0.3 is 9.47 Å². The Balaban J connectivity index is 3.30. The molecule has 0 aliphatic carbocycles. The van der Waals surface area contributed by atoms with E-state index in [-0.39, 0.29) is 4.90 Å². The third-order valence-corrected chi connectivity index (χ3v) is 3.70. The highest BCUT2D eigenvalue weighted by Crippen LogP contribution is 2.22. The van der Waals surface area contributed by atoms with Crippen molar-refractivity contribution in [1.29, 1.82) is 0 Å². The van der Waals surface area contributed by atoms with Gasteiger partial charge in [0.1, 0.15) is 5.75 Å². The Hall–Kier alpha value is -1.56. The van der Waals surface area contributed by atoms with Crippen molar-refractivity contribution in [2.24, 2.45) is 0 Å². The number of hydrogen-bond acceptors (Lipinski definition) is 5. The summed E-state index contributed by atoms with van der Waals surface area (Å²) in [6.07, 6.45) is 0. The van der Waals surface area contributed by atoms with Gasteiger partial charge in [-0.25, -0.2) is 13.2 Å². The number of hydrogen-bond donors (Lipinski definition) is 0. The summed E-state index contributed by atoms with van der Waals surface area (Å²) in [6.45, 7) is 1.58. The van der Waals surface area contributed by atoms with E-state index in [1.807, 2.05) is 0 Å². The van der Waals surface area contributed by atoms with Crippen LogP contribution in [0, 0.1) is 6.92 Å². The fraction of sp³-hybridized carbons (Fsp3) is 0.300. The van der Waals surface area contributed by atoms with Gasteiger partial charge in [0.25, 0.3) is 9.84 Å². The predicted octanol–water partition coefficient (Wildman–Crippen LogP) is 1.54. The molecule has 0 N–H and O–H groups in total. The molecule has 0 aliphatic rings. The quantitative estimate of drug-likeness (QED) is 0.738. The molecular formula is C10H12O5S. The first kappa shape index (κ1) is 12.5. The average molecular weight is 244 g/mol. The Morgan fingerprint density at radius 3 is 2.31 bits per heavy atom. The summed E-state index contributed by atoms with van der Waals surface area (Å²) in [5.41, 5.74) is 0.435. The van der Waals surface area contributed by atoms with Crippen molar-refractivity contribution in [1.82, 2.24) is 0 Å². The molecule has 16 heavy (non-hydrogen) atoms. The Labute approximate surface area is 93.9 Å². The van der Waals surface area contributed by atoms with Gasteiger partial charge >= 0.3 is 5.30 Å². The fourth-order valence-corrected chi connectivity index (χ4v) is 2.38. The zero-order chi connectivity index (χ0) is 12.3. The van der Waals surface area contributed by atoms with Gasteiger partial charge in [-0.3, -0.25) is 0 Å². The van der Waals surface area contributed by atoms with E-state index in [4.69, 9.17) is 4.74 Å². The normalized spacial score (nSPS) is 10.9. The van der Waals surface area contributed by atoms with Crippen LogP contribution >= 0.6 is 0 Å². The van der Waals surface area contributed by atoms with Gasteiger partial charge in [-0.05, 0) is 30.7 Å². The molecule has 88 valence electrons. The summed E-state index contributed by atoms with van der Waals surface area (Å²) < 4.78 is 32.5. The maximum absolute atomic E-state index is 11.7. The summed E-state index contributed by atoms with van der Waals surface area (Å²) >= 11 is 0. The van der Waals surface area contributed by atoms with Crippen molar-refractivity contribution in [2.45, 2.75) is 11.8 Å². The number of aryl methyl sites for hydroxylation is 1. The van der Waals surface area contributed by atoms with Crippen molar-refractivity contribution in [3.05, 3.63) is 23.8 Å². The molecule has 0 radical (unpaired) electrons. The Kier molecular flexibility index (Phi) is 3.54. The van der Waals surface area contributed by atoms with Crippen LogP contribution in [0.1, 0.15) is 5.56 Å². The molecule has 1 aromatic carbocycles. The molecule has 5 nitrogen and oxygen atoms in total. The maximum atomic E-state index is 11.7. The molecule has 0 saturated heterocycles. The molecule has 0 amide bonds. The number of ether oxygens (including phenoxy) is 2. The van der Waals surface area contributed by atoms with E-state index in [0.717, 1.165) is 7.11 Å². The van der Waals surface area contributed by atoms with Crippen molar-refractivity contribution < 1.29 is 22.7 Å². The standard InChI is InChI=1S/C10H12O5S/c1-7-6-8(14-2)4-5-9(7)16(12,13)10(11)15-3/h4-6H,1-3H3. The number of carbonyl (C=O) groups excluding carboxylic acids is 1. The molecule has 0 aliphatic heterocycles. The third kappa shape index (κ3) is 2.16. The highest BCUT2D eigenvalue weighted by molar-refractivity contribution is 8.05. The number of benzene rings is 1. The van der Waals surface area contributed by atoms with E-state index < -0.39 is 15.1 Å². The van der Waals surface area contributed by atoms with Crippen molar-refractivity contribution in [2.75, 3.05) is 14.2 Å². The highest BCUT2D eigenvalue weighted by atomic mass is 32.2. The van der Waals surface area contributed by atoms with Crippen LogP contribution in [0.3, 0.4) is 0 Å². The van der Waals surface area contributed by atoms with Crippen molar-refractivity contribution in [3.63, 3.8) is 0 Å². The smallest absolute Gasteiger partial charge is 0.429 e. The van der Waals surface area contributed by atoms with Crippen LogP contribution in [0.15, 0.2) is 23.1 Å². The second kappa shape index (κ2) is 4.52. The van der Waals surface area contributed by atoms with Gasteiger partial charge in [0.2, 0.25) is 0 Å². The second-order valence-electron chi connectivity index (χ2n) is 3.09. The summed E-state index contributed by atoms with van der Waals surface area (Å²) in [6, 6.07) is 4.33. The van der Waals surface area contributed by atoms with Crippen LogP contribution in [0.25, 0.3) is 0 Å². The molecule has 1 rings (SSSR count). The maximum Gasteiger partial charge on any atom is 0.429 e. The van der Waals surface area contributed by atoms with Crippen LogP contribution in [0.2, 0.25) is 0 Å². The summed E-state index contributed by atoms with van der Waals surface area (Å²) in [4.78, 5) is 11.0. The van der Waals surface area contributed by atoms with E-state index in [1.54, 1.807) is 6.92 Å². The molecule has 0 aromatic heterocycles. The molecule has 0 atom stereocenters. The molecular weight excluding hydrogens is 232 g/mol. The SMILES string of the molecule is COC(=O)S(=O)(=O)c1ccc(OC)cc1C. The minimum Gasteiger partial charge on any atom is -0.497 e. The van der Waals surface area contributed by atoms with Crippen molar-refractivity contribution in [3.8, 4) is 5.75 Å². The molecule has 0 fully saturated rings. The number of carbonyl (C=O) groups is 1. The van der Waals surface area contributed by atoms with Crippen LogP contribution in [-0.4, -0.2) is 27.9 Å². The average Bonchev–Trinajstić information content (AvgIpc) is 2.27. The lowest BCUT2D eigenvalue weighted by Crippen LogP contribution is -2.15. The summed E-state index contributed by atoms with van der Waals surface area (Å²) in [7, 11) is -1.56. The topological polar surface area (TPSA) is 69.7 Å². The largest absolute Gasteiger partial charge is 0.497 e. The summed E-state index contributed by atoms with van der Waals surface area (Å²) in [5, 5.41) is -1.26. The number of sulfone groups is 1. The molecule has 6 heteroatoms. The van der Waals surface area contributed by atoms with Crippen molar-refractivity contribution >= 4 is 15.1 Å².